The van der Waals surface area contributed by atoms with E-state index in [1.807, 2.05) is 0 Å². The molecule has 35 heavy (non-hydrogen) atoms. The number of aromatic nitrogens is 2. The molecule has 2 fully saturated rings. The number of nitrogens with one attached hydrogen (secondary N) is 1. The zero-order valence-corrected chi connectivity index (χ0v) is 19.4. The van der Waals surface area contributed by atoms with Crippen molar-refractivity contribution in [2.24, 2.45) is 10.9 Å². The van der Waals surface area contributed by atoms with Gasteiger partial charge in [0.25, 0.3) is 0 Å². The quantitative estimate of drug-likeness (QED) is 0.252. The second-order valence-electron chi connectivity index (χ2n) is 8.46. The number of rotatable bonds is 8. The molecule has 2 saturated heterocycles. The Hall–Kier alpha value is -3.60. The number of carbonyl (C=O) groups is 1. The van der Waals surface area contributed by atoms with E-state index in [-0.39, 0.29) is 30.7 Å². The largest absolute Gasteiger partial charge is 0.460 e. The van der Waals surface area contributed by atoms with Crippen molar-refractivity contribution in [2.45, 2.75) is 51.4 Å². The lowest BCUT2D eigenvalue weighted by atomic mass is 10.0. The first-order valence-electron chi connectivity index (χ1n) is 11.7. The summed E-state index contributed by atoms with van der Waals surface area (Å²) >= 11 is 0. The Morgan fingerprint density at radius 1 is 1.26 bits per heavy atom. The van der Waals surface area contributed by atoms with Crippen molar-refractivity contribution in [3.63, 3.8) is 0 Å². The predicted molar refractivity (Wildman–Crippen MR) is 127 cm³/mol. The Labute approximate surface area is 202 Å². The Kier molecular flexibility index (Phi) is 8.19. The van der Waals surface area contributed by atoms with Crippen molar-refractivity contribution in [1.82, 2.24) is 9.97 Å². The molecule has 1 aromatic carbocycles. The van der Waals surface area contributed by atoms with E-state index >= 15 is 4.39 Å². The molecule has 1 aromatic heterocycles. The van der Waals surface area contributed by atoms with Crippen molar-refractivity contribution in [1.29, 1.82) is 5.41 Å². The molecule has 0 saturated carbocycles. The molecule has 4 rings (SSSR count). The van der Waals surface area contributed by atoms with Gasteiger partial charge >= 0.3 is 5.97 Å². The van der Waals surface area contributed by atoms with Crippen LogP contribution in [0, 0.1) is 11.2 Å². The van der Waals surface area contributed by atoms with Crippen LogP contribution >= 0.6 is 0 Å². The molecule has 11 heteroatoms. The van der Waals surface area contributed by atoms with Crippen LogP contribution < -0.4 is 10.6 Å². The second kappa shape index (κ2) is 11.7. The maximum atomic E-state index is 15.0. The number of benzene rings is 1. The summed E-state index contributed by atoms with van der Waals surface area (Å²) in [5, 5.41) is 11.4. The number of anilines is 1. The molecule has 0 bridgehead atoms. The SMILES string of the molecule is N=C(N)CC(=O)OCc1cccc(-c2cnc(N3CCC(=NOC4CCCCO4)CC3)nc2)c1F. The number of piperidine rings is 1. The van der Waals surface area contributed by atoms with Crippen LogP contribution in [0.5, 0.6) is 0 Å². The average molecular weight is 485 g/mol. The van der Waals surface area contributed by atoms with Crippen LogP contribution in [-0.2, 0) is 25.7 Å². The van der Waals surface area contributed by atoms with Gasteiger partial charge in [0.2, 0.25) is 12.2 Å². The van der Waals surface area contributed by atoms with Crippen molar-refractivity contribution in [3.05, 3.63) is 42.0 Å². The molecule has 10 nitrogen and oxygen atoms in total. The lowest BCUT2D eigenvalue weighted by molar-refractivity contribution is -0.162. The summed E-state index contributed by atoms with van der Waals surface area (Å²) in [6.07, 6.45) is 7.13. The number of carbonyl (C=O) groups excluding carboxylic acids is 1. The summed E-state index contributed by atoms with van der Waals surface area (Å²) in [6.45, 7) is 1.89. The second-order valence-corrected chi connectivity index (χ2v) is 8.46. The molecule has 0 amide bonds. The first-order valence-corrected chi connectivity index (χ1v) is 11.7. The van der Waals surface area contributed by atoms with Crippen LogP contribution in [0.2, 0.25) is 0 Å². The van der Waals surface area contributed by atoms with E-state index < -0.39 is 11.8 Å². The minimum atomic E-state index is -0.682. The highest BCUT2D eigenvalue weighted by atomic mass is 19.1. The lowest BCUT2D eigenvalue weighted by Gasteiger charge is -2.28. The first kappa shape index (κ1) is 24.5. The van der Waals surface area contributed by atoms with Gasteiger partial charge in [0, 0.05) is 61.4 Å². The van der Waals surface area contributed by atoms with E-state index in [0.717, 1.165) is 44.4 Å². The van der Waals surface area contributed by atoms with Crippen LogP contribution in [0.1, 0.15) is 44.1 Å². The normalized spacial score (nSPS) is 18.1. The van der Waals surface area contributed by atoms with Crippen molar-refractivity contribution < 1.29 is 23.5 Å². The van der Waals surface area contributed by atoms with E-state index in [0.29, 0.717) is 30.2 Å². The molecule has 1 atom stereocenters. The molecule has 3 heterocycles. The third-order valence-electron chi connectivity index (χ3n) is 5.81. The molecule has 186 valence electrons. The molecule has 0 aliphatic carbocycles. The Bertz CT molecular complexity index is 1060. The van der Waals surface area contributed by atoms with E-state index in [1.54, 1.807) is 24.5 Å². The number of nitrogens with zero attached hydrogens (tertiary/aromatic N) is 4. The Morgan fingerprint density at radius 2 is 2.03 bits per heavy atom. The molecule has 1 unspecified atom stereocenters. The van der Waals surface area contributed by atoms with Gasteiger partial charge in [-0.1, -0.05) is 23.4 Å². The van der Waals surface area contributed by atoms with Gasteiger partial charge in [-0.25, -0.2) is 14.4 Å². The van der Waals surface area contributed by atoms with Gasteiger partial charge in [-0.2, -0.15) is 0 Å². The van der Waals surface area contributed by atoms with Crippen LogP contribution in [0.3, 0.4) is 0 Å². The van der Waals surface area contributed by atoms with E-state index in [9.17, 15) is 4.79 Å². The van der Waals surface area contributed by atoms with Crippen LogP contribution in [0.4, 0.5) is 10.3 Å². The van der Waals surface area contributed by atoms with Gasteiger partial charge in [-0.15, -0.1) is 0 Å². The lowest BCUT2D eigenvalue weighted by Crippen LogP contribution is -2.35. The van der Waals surface area contributed by atoms with E-state index in [2.05, 4.69) is 20.0 Å². The number of oxime groups is 1. The summed E-state index contributed by atoms with van der Waals surface area (Å²) in [5.74, 6) is -0.932. The van der Waals surface area contributed by atoms with Crippen LogP contribution in [0.25, 0.3) is 11.1 Å². The Balaban J connectivity index is 1.33. The summed E-state index contributed by atoms with van der Waals surface area (Å²) < 4.78 is 25.6. The van der Waals surface area contributed by atoms with Crippen LogP contribution in [0.15, 0.2) is 35.7 Å². The fraction of sp³-hybridized carbons (Fsp3) is 0.458. The fourth-order valence-electron chi connectivity index (χ4n) is 3.89. The predicted octanol–water partition coefficient (Wildman–Crippen LogP) is 3.15. The van der Waals surface area contributed by atoms with Gasteiger partial charge in [0.1, 0.15) is 24.7 Å². The van der Waals surface area contributed by atoms with Crippen LogP contribution in [-0.4, -0.2) is 53.5 Å². The number of nitrogens with two attached hydrogens (primary N) is 1. The zero-order chi connectivity index (χ0) is 24.6. The molecule has 2 aliphatic rings. The summed E-state index contributed by atoms with van der Waals surface area (Å²) in [6, 6.07) is 4.83. The van der Waals surface area contributed by atoms with E-state index in [4.69, 9.17) is 25.5 Å². The third-order valence-corrected chi connectivity index (χ3v) is 5.81. The number of hydrogen-bond acceptors (Lipinski definition) is 9. The summed E-state index contributed by atoms with van der Waals surface area (Å²) in [4.78, 5) is 28.1. The number of halogens is 1. The monoisotopic (exact) mass is 484 g/mol. The topological polar surface area (TPSA) is 136 Å². The van der Waals surface area contributed by atoms with Gasteiger partial charge in [-0.3, -0.25) is 10.2 Å². The molecular weight excluding hydrogens is 455 g/mol. The number of hydrogen-bond donors (Lipinski definition) is 2. The highest BCUT2D eigenvalue weighted by Gasteiger charge is 2.20. The van der Waals surface area contributed by atoms with Crippen molar-refractivity contribution in [3.8, 4) is 11.1 Å². The summed E-state index contributed by atoms with van der Waals surface area (Å²) in [5.41, 5.74) is 7.22. The molecule has 0 spiro atoms. The average Bonchev–Trinajstić information content (AvgIpc) is 2.88. The molecule has 2 aromatic rings. The number of esters is 1. The van der Waals surface area contributed by atoms with Crippen molar-refractivity contribution >= 4 is 23.5 Å². The number of amidine groups is 1. The highest BCUT2D eigenvalue weighted by Crippen LogP contribution is 2.26. The number of ether oxygens (including phenoxy) is 2. The van der Waals surface area contributed by atoms with Gasteiger partial charge in [0.15, 0.2) is 0 Å². The Morgan fingerprint density at radius 3 is 2.71 bits per heavy atom. The fourth-order valence-corrected chi connectivity index (χ4v) is 3.89. The van der Waals surface area contributed by atoms with Gasteiger partial charge < -0.3 is 24.9 Å². The molecule has 2 aliphatic heterocycles. The van der Waals surface area contributed by atoms with Gasteiger partial charge in [0.05, 0.1) is 12.3 Å². The van der Waals surface area contributed by atoms with Crippen molar-refractivity contribution in [2.75, 3.05) is 24.6 Å². The standard InChI is InChI=1S/C24H29FN6O4/c25-23-16(15-34-21(32)12-20(26)27)4-3-5-19(23)17-13-28-24(29-14-17)31-9-7-18(8-10-31)30-35-22-6-1-2-11-33-22/h3-5,13-14,22H,1-2,6-12,15H2,(H3,26,27). The molecule has 3 N–H and O–H groups in total. The van der Waals surface area contributed by atoms with E-state index in [1.165, 1.54) is 6.07 Å². The maximum absolute atomic E-state index is 15.0. The third kappa shape index (κ3) is 6.72. The smallest absolute Gasteiger partial charge is 0.313 e. The van der Waals surface area contributed by atoms with Gasteiger partial charge in [-0.05, 0) is 12.8 Å². The minimum absolute atomic E-state index is 0.215. The first-order chi connectivity index (χ1) is 17.0. The minimum Gasteiger partial charge on any atom is -0.460 e. The zero-order valence-electron chi connectivity index (χ0n) is 19.4. The summed E-state index contributed by atoms with van der Waals surface area (Å²) in [7, 11) is 0. The maximum Gasteiger partial charge on any atom is 0.313 e. The highest BCUT2D eigenvalue weighted by molar-refractivity contribution is 5.94. The molecule has 0 radical (unpaired) electrons. The molecular formula is C24H29FN6O4.